The lowest BCUT2D eigenvalue weighted by Gasteiger charge is -2.42. The third kappa shape index (κ3) is 9.87. The maximum absolute atomic E-state index is 10.5. The molecule has 0 amide bonds. The number of nitrogens with zero attached hydrogens (tertiary/aromatic N) is 4. The van der Waals surface area contributed by atoms with E-state index >= 15 is 0 Å². The van der Waals surface area contributed by atoms with Gasteiger partial charge in [-0.3, -0.25) is 13.7 Å². The van der Waals surface area contributed by atoms with Crippen molar-refractivity contribution in [1.29, 1.82) is 0 Å². The number of aromatic nitrogens is 4. The van der Waals surface area contributed by atoms with Crippen LogP contribution >= 0.6 is 0 Å². The minimum atomic E-state index is -4.86. The second-order valence-corrected chi connectivity index (χ2v) is 28.1. The Hall–Kier alpha value is -9.36. The standard InChI is InChI=1S/C86H82N4OSi/c1-82(2,3)60-45-50-87-80(53-60)90-76-44-40-67(92(64-27-15-12-16-28-64,65-29-17-13-18-30-65)66-31-19-14-20-32-66)56-71(76)70-41-39-63(55-79(70)90)91-62-26-23-25-61(54-62)88-57-89(78-36-22-21-35-77(78)88)81-68(58-37-42-72-74(51-58)85(8,9)48-46-83(72,4)5)33-24-34-69(81)59-38-43-73-75(52-59)86(10,11)49-47-84(73,6)7/h12-45,50-56H,46-49H2,1-11H3/i4D3,5D3,6D3,7D3,8D3,9D3,10D3,11D3,37D,38D,42D,43D,46D2,47D2,48D2,49D2,51D,52D. The number of fused-ring (bicyclic) bond motifs is 6. The van der Waals surface area contributed by atoms with Gasteiger partial charge in [0, 0.05) is 66.9 Å². The number of rotatable bonds is 11. The zero-order chi connectivity index (χ0) is 95.9. The lowest BCUT2D eigenvalue weighted by molar-refractivity contribution is -0.571. The number of hydrogen-bond donors (Lipinski definition) is 0. The molecule has 2 aliphatic rings. The lowest BCUT2D eigenvalue weighted by Crippen LogP contribution is -2.74. The highest BCUT2D eigenvalue weighted by molar-refractivity contribution is 7.20. The van der Waals surface area contributed by atoms with Crippen LogP contribution in [0.1, 0.15) is 181 Å². The molecular weight excluding hydrogens is 1130 g/mol. The molecule has 0 fully saturated rings. The van der Waals surface area contributed by atoms with Gasteiger partial charge in [0.1, 0.15) is 17.3 Å². The van der Waals surface area contributed by atoms with Gasteiger partial charge >= 0.3 is 0 Å². The SMILES string of the molecule is [2H]c1c([2H])c2c(c([2H])c1-c1cccc(-c3c([2H])c([2H])c4c(c3[2H])C(C([2H])([2H])[2H])(C([2H])([2H])[2H])C([2H])([2H])C([2H])([2H])C4(C([2H])([2H])[2H])C([2H])([2H])[2H])c1-[n+]1[c-]n(-c3cccc(Oc4ccc5c6cc([Si](c7ccccc7)(c7ccccc7)c7ccccc7)ccc6n(-c6cc(C(C)(C)C)ccn6)c5c4)c3)c3ccccc31)C(C([2H])([2H])[2H])(C([2H])([2H])[2H])C([2H])([2H])C([2H])([2H])C2(C([2H])([2H])[2H])C([2H])([2H])[2H]. The van der Waals surface area contributed by atoms with E-state index < -0.39 is 196 Å². The Morgan fingerprint density at radius 2 is 1.04 bits per heavy atom. The van der Waals surface area contributed by atoms with Crippen molar-refractivity contribution < 1.29 is 61.4 Å². The summed E-state index contributed by atoms with van der Waals surface area (Å²) in [7, 11) is -3.15. The molecule has 0 spiro atoms. The summed E-state index contributed by atoms with van der Waals surface area (Å²) in [6.07, 6.45) is -14.5. The summed E-state index contributed by atoms with van der Waals surface area (Å²) in [5.74, 6) is 0.959. The number of imidazole rings is 1. The highest BCUT2D eigenvalue weighted by atomic mass is 28.3. The molecule has 2 aliphatic carbocycles. The van der Waals surface area contributed by atoms with Crippen LogP contribution in [0, 0.1) is 6.33 Å². The van der Waals surface area contributed by atoms with Crippen LogP contribution < -0.4 is 30.1 Å². The minimum Gasteiger partial charge on any atom is -0.458 e. The Bertz CT molecular complexity index is 6390. The number of ether oxygens (including phenoxy) is 1. The molecule has 13 aromatic rings. The number of para-hydroxylation sites is 3. The second kappa shape index (κ2) is 21.9. The molecule has 0 aliphatic heterocycles. The summed E-state index contributed by atoms with van der Waals surface area (Å²) in [5, 5.41) is 6.15. The van der Waals surface area contributed by atoms with Gasteiger partial charge in [0.2, 0.25) is 0 Å². The molecule has 5 nitrogen and oxygen atoms in total. The van der Waals surface area contributed by atoms with Gasteiger partial charge < -0.3 is 4.74 Å². The van der Waals surface area contributed by atoms with Crippen molar-refractivity contribution in [3.8, 4) is 50.9 Å². The summed E-state index contributed by atoms with van der Waals surface area (Å²) in [6.45, 7) is -30.2. The van der Waals surface area contributed by atoms with Crippen LogP contribution in [-0.2, 0) is 27.1 Å². The number of hydrogen-bond acceptors (Lipinski definition) is 2. The van der Waals surface area contributed by atoms with Crippen molar-refractivity contribution in [3.63, 3.8) is 0 Å². The predicted octanol–water partition coefficient (Wildman–Crippen LogP) is 18.7. The van der Waals surface area contributed by atoms with Crippen LogP contribution in [0.25, 0.3) is 72.3 Å². The molecule has 0 atom stereocenters. The van der Waals surface area contributed by atoms with E-state index in [4.69, 9.17) is 42.6 Å². The number of benzene rings is 10. The summed E-state index contributed by atoms with van der Waals surface area (Å²) < 4.78 is 367. The van der Waals surface area contributed by atoms with Gasteiger partial charge in [-0.25, -0.2) is 4.98 Å². The van der Waals surface area contributed by atoms with Crippen LogP contribution in [0.4, 0.5) is 0 Å². The zero-order valence-electron chi connectivity index (χ0n) is 87.9. The van der Waals surface area contributed by atoms with E-state index in [2.05, 4.69) is 81.7 Å². The van der Waals surface area contributed by atoms with Crippen molar-refractivity contribution in [3.05, 3.63) is 283 Å². The van der Waals surface area contributed by atoms with Crippen LogP contribution in [0.2, 0.25) is 0 Å². The Labute approximate surface area is 598 Å². The van der Waals surface area contributed by atoms with Crippen molar-refractivity contribution in [2.75, 3.05) is 0 Å². The molecule has 92 heavy (non-hydrogen) atoms. The lowest BCUT2D eigenvalue weighted by atomic mass is 9.62. The smallest absolute Gasteiger partial charge is 0.269 e. The minimum absolute atomic E-state index is 0.0426. The van der Waals surface area contributed by atoms with Gasteiger partial charge in [-0.1, -0.05) is 264 Å². The Balaban J connectivity index is 1.04. The van der Waals surface area contributed by atoms with E-state index in [1.54, 1.807) is 30.5 Å². The van der Waals surface area contributed by atoms with E-state index in [0.717, 1.165) is 65.4 Å². The average Bonchev–Trinajstić information content (AvgIpc) is 0.662. The molecule has 0 radical (unpaired) electrons. The molecule has 0 N–H and O–H groups in total. The molecule has 0 saturated heterocycles. The van der Waals surface area contributed by atoms with Crippen LogP contribution in [0.15, 0.2) is 249 Å². The Morgan fingerprint density at radius 3 is 1.62 bits per heavy atom. The maximum Gasteiger partial charge on any atom is 0.269 e. The van der Waals surface area contributed by atoms with E-state index in [-0.39, 0.29) is 33.6 Å². The molecule has 10 aromatic carbocycles. The molecule has 0 saturated carbocycles. The first kappa shape index (κ1) is 30.4. The van der Waals surface area contributed by atoms with Crippen LogP contribution in [-0.4, -0.2) is 22.2 Å². The highest BCUT2D eigenvalue weighted by Crippen LogP contribution is 2.50. The van der Waals surface area contributed by atoms with Gasteiger partial charge in [-0.15, -0.1) is 0 Å². The molecule has 456 valence electrons. The first-order valence-corrected chi connectivity index (χ1v) is 31.7. The summed E-state index contributed by atoms with van der Waals surface area (Å²) in [6, 6.07) is 51.5. The van der Waals surface area contributed by atoms with E-state index in [0.29, 0.717) is 11.3 Å². The summed E-state index contributed by atoms with van der Waals surface area (Å²) in [5.41, 5.74) is -29.6. The molecule has 3 heterocycles. The van der Waals surface area contributed by atoms with Gasteiger partial charge in [-0.05, 0) is 172 Å². The molecule has 6 heteroatoms. The molecule has 3 aromatic heterocycles. The normalized spacial score (nSPS) is 25.1. The van der Waals surface area contributed by atoms with Crippen molar-refractivity contribution in [2.45, 2.75) is 128 Å². The van der Waals surface area contributed by atoms with E-state index in [1.807, 2.05) is 83.4 Å². The van der Waals surface area contributed by atoms with E-state index in [1.165, 1.54) is 34.9 Å². The molecule has 0 unspecified atom stereocenters. The molecule has 0 bridgehead atoms. The zero-order valence-corrected chi connectivity index (χ0v) is 50.9. The van der Waals surface area contributed by atoms with Crippen molar-refractivity contribution in [2.24, 2.45) is 0 Å². The largest absolute Gasteiger partial charge is 0.458 e. The van der Waals surface area contributed by atoms with Gasteiger partial charge in [0.15, 0.2) is 8.07 Å². The van der Waals surface area contributed by atoms with Gasteiger partial charge in [0.25, 0.3) is 6.33 Å². The Kier molecular flexibility index (Phi) is 7.24. The van der Waals surface area contributed by atoms with Crippen molar-refractivity contribution >= 4 is 61.7 Å². The monoisotopic (exact) mass is 1250 g/mol. The Morgan fingerprint density at radius 1 is 0.500 bits per heavy atom. The fourth-order valence-corrected chi connectivity index (χ4v) is 17.6. The van der Waals surface area contributed by atoms with Crippen LogP contribution in [0.5, 0.6) is 11.5 Å². The summed E-state index contributed by atoms with van der Waals surface area (Å²) in [4.78, 5) is 4.99. The quantitative estimate of drug-likeness (QED) is 0.0560. The molecular formula is C86H82N4OSi. The van der Waals surface area contributed by atoms with Crippen LogP contribution in [0.3, 0.4) is 0 Å². The fraction of sp³-hybridized carbons (Fsp3) is 0.233. The first-order valence-electron chi connectivity index (χ1n) is 48.7. The fourth-order valence-electron chi connectivity index (χ4n) is 12.9. The third-order valence-corrected chi connectivity index (χ3v) is 22.1. The summed E-state index contributed by atoms with van der Waals surface area (Å²) >= 11 is 0. The third-order valence-electron chi connectivity index (χ3n) is 17.3. The average molecular weight is 1250 g/mol. The van der Waals surface area contributed by atoms with Gasteiger partial charge in [0.05, 0.1) is 41.7 Å². The first-order chi connectivity index (χ1) is 59.8. The van der Waals surface area contributed by atoms with Gasteiger partial charge in [-0.2, -0.15) is 0 Å². The number of pyridine rings is 1. The highest BCUT2D eigenvalue weighted by Gasteiger charge is 2.43. The van der Waals surface area contributed by atoms with Crippen molar-refractivity contribution in [1.82, 2.24) is 14.1 Å². The second-order valence-electron chi connectivity index (χ2n) is 24.3. The maximum atomic E-state index is 10.5. The topological polar surface area (TPSA) is 35.9 Å². The molecule has 15 rings (SSSR count). The predicted molar refractivity (Wildman–Crippen MR) is 386 cm³/mol. The van der Waals surface area contributed by atoms with E-state index in [9.17, 15) is 19.2 Å².